The lowest BCUT2D eigenvalue weighted by Gasteiger charge is -1.71. The average Bonchev–Trinajstić information content (AvgIpc) is 2.15. The molecular weight excluding hydrogens is 104 g/mol. The van der Waals surface area contributed by atoms with Crippen molar-refractivity contribution in [1.29, 1.82) is 0 Å². The minimum absolute atomic E-state index is 0. The maximum Gasteiger partial charge on any atom is 1.00 e. The van der Waals surface area contributed by atoms with Gasteiger partial charge in [-0.1, -0.05) is 0 Å². The first-order valence-electron chi connectivity index (χ1n) is 2.32. The molecule has 2 aliphatic rings. The van der Waals surface area contributed by atoms with Gasteiger partial charge in [-0.05, 0) is 0 Å². The number of hydrogen-bond donors (Lipinski definition) is 1. The van der Waals surface area contributed by atoms with Crippen molar-refractivity contribution in [2.75, 3.05) is 0 Å². The van der Waals surface area contributed by atoms with Gasteiger partial charge in [-0.2, -0.15) is 0 Å². The monoisotopic (exact) mass is 109 g/mol. The summed E-state index contributed by atoms with van der Waals surface area (Å²) in [5.41, 5.74) is 1.97. The predicted molar refractivity (Wildman–Crippen MR) is 28.6 cm³/mol. The smallest absolute Gasteiger partial charge is 0.389 e. The zero-order chi connectivity index (χ0) is 5.40. The zero-order valence-corrected chi connectivity index (χ0v) is 4.09. The van der Waals surface area contributed by atoms with Crippen LogP contribution in [-0.4, -0.2) is 10.1 Å². The number of hydrogen-bond acceptors (Lipinski definition) is 2. The second-order valence-corrected chi connectivity index (χ2v) is 1.61. The molecule has 0 saturated heterocycles. The molecule has 0 aromatic carbocycles. The van der Waals surface area contributed by atoms with Gasteiger partial charge in [0.2, 0.25) is 0 Å². The molecule has 0 fully saturated rings. The molecule has 3 heteroatoms. The van der Waals surface area contributed by atoms with Crippen LogP contribution in [0.5, 0.6) is 0 Å². The summed E-state index contributed by atoms with van der Waals surface area (Å²) in [4.78, 5) is 3.87. The lowest BCUT2D eigenvalue weighted by Crippen LogP contribution is -1.59. The molecule has 0 unspecified atom stereocenters. The molecule has 0 aliphatic carbocycles. The van der Waals surface area contributed by atoms with Crippen LogP contribution in [0.2, 0.25) is 0 Å². The van der Waals surface area contributed by atoms with Gasteiger partial charge in [0, 0.05) is 6.20 Å². The summed E-state index contributed by atoms with van der Waals surface area (Å²) in [6.07, 6.45) is 5.09. The standard InChI is InChI=1S/C5H4N2O/c1-4-3-8-7-5(4)2-6-1/h1-3,7H/p+1. The maximum atomic E-state index is 4.74. The fraction of sp³-hybridized carbons (Fsp3) is 0. The summed E-state index contributed by atoms with van der Waals surface area (Å²) in [6, 6.07) is 0. The number of nitrogens with one attached hydrogen (secondary N) is 1. The summed E-state index contributed by atoms with van der Waals surface area (Å²) in [7, 11) is 0. The third kappa shape index (κ3) is 0.307. The van der Waals surface area contributed by atoms with Gasteiger partial charge < -0.3 is 4.52 Å². The SMILES string of the molecule is [H+].c1ncc2[nH]occ1-2. The quantitative estimate of drug-likeness (QED) is 0.552. The first kappa shape index (κ1) is 3.72. The van der Waals surface area contributed by atoms with E-state index >= 15 is 0 Å². The van der Waals surface area contributed by atoms with E-state index in [4.69, 9.17) is 4.52 Å². The van der Waals surface area contributed by atoms with Crippen LogP contribution in [0.3, 0.4) is 0 Å². The number of nitrogens with zero attached hydrogens (tertiary/aromatic N) is 1. The van der Waals surface area contributed by atoms with E-state index in [1.807, 2.05) is 0 Å². The average molecular weight is 109 g/mol. The van der Waals surface area contributed by atoms with E-state index in [9.17, 15) is 0 Å². The van der Waals surface area contributed by atoms with E-state index in [0.29, 0.717) is 0 Å². The summed E-state index contributed by atoms with van der Waals surface area (Å²) >= 11 is 0. The molecule has 2 heterocycles. The highest BCUT2D eigenvalue weighted by atomic mass is 16.5. The fourth-order valence-electron chi connectivity index (χ4n) is 0.672. The van der Waals surface area contributed by atoms with Gasteiger partial charge in [-0.15, -0.1) is 0 Å². The van der Waals surface area contributed by atoms with Crippen LogP contribution in [-0.2, 0) is 0 Å². The molecule has 0 aromatic rings. The second-order valence-electron chi connectivity index (χ2n) is 1.61. The number of aromatic amines is 1. The topological polar surface area (TPSA) is 41.8 Å². The predicted octanol–water partition coefficient (Wildman–Crippen LogP) is 1.22. The lowest BCUT2D eigenvalue weighted by atomic mass is 10.3. The molecular formula is C5H5N2O+. The normalized spacial score (nSPS) is 10.5. The third-order valence-electron chi connectivity index (χ3n) is 1.08. The lowest BCUT2D eigenvalue weighted by molar-refractivity contribution is 0.424. The Morgan fingerprint density at radius 3 is 3.50 bits per heavy atom. The van der Waals surface area contributed by atoms with E-state index in [2.05, 4.69) is 10.1 Å². The molecule has 0 radical (unpaired) electrons. The van der Waals surface area contributed by atoms with Crippen LogP contribution in [0.4, 0.5) is 0 Å². The summed E-state index contributed by atoms with van der Waals surface area (Å²) < 4.78 is 4.74. The van der Waals surface area contributed by atoms with Gasteiger partial charge in [-0.3, -0.25) is 4.98 Å². The van der Waals surface area contributed by atoms with Gasteiger partial charge in [0.15, 0.2) is 0 Å². The molecule has 0 saturated carbocycles. The summed E-state index contributed by atoms with van der Waals surface area (Å²) in [6.45, 7) is 0. The Balaban J connectivity index is 0.000000405. The van der Waals surface area contributed by atoms with Crippen molar-refractivity contribution in [1.82, 2.24) is 10.1 Å². The van der Waals surface area contributed by atoms with E-state index in [1.165, 1.54) is 0 Å². The highest BCUT2D eigenvalue weighted by Crippen LogP contribution is 2.16. The summed E-state index contributed by atoms with van der Waals surface area (Å²) in [5, 5.41) is 2.66. The minimum Gasteiger partial charge on any atom is -0.389 e. The zero-order valence-electron chi connectivity index (χ0n) is 5.09. The van der Waals surface area contributed by atoms with Gasteiger partial charge in [-0.25, -0.2) is 5.16 Å². The Hall–Kier alpha value is -1.25. The molecule has 0 amide bonds. The third-order valence-corrected chi connectivity index (χ3v) is 1.08. The van der Waals surface area contributed by atoms with Crippen LogP contribution in [0, 0.1) is 0 Å². The van der Waals surface area contributed by atoms with E-state index in [1.54, 1.807) is 18.7 Å². The van der Waals surface area contributed by atoms with Crippen LogP contribution in [0.25, 0.3) is 11.3 Å². The van der Waals surface area contributed by atoms with Crippen molar-refractivity contribution >= 4 is 0 Å². The Labute approximate surface area is 47.1 Å². The van der Waals surface area contributed by atoms with Crippen LogP contribution < -0.4 is 0 Å². The molecule has 1 N–H and O–H groups in total. The number of rotatable bonds is 0. The fourth-order valence-corrected chi connectivity index (χ4v) is 0.672. The molecule has 0 spiro atoms. The first-order chi connectivity index (χ1) is 3.97. The van der Waals surface area contributed by atoms with Crippen LogP contribution in [0.1, 0.15) is 1.43 Å². The Morgan fingerprint density at radius 1 is 1.62 bits per heavy atom. The number of fused-ring (bicyclic) bond motifs is 1. The molecule has 3 nitrogen and oxygen atoms in total. The van der Waals surface area contributed by atoms with Crippen molar-refractivity contribution in [2.24, 2.45) is 0 Å². The highest BCUT2D eigenvalue weighted by molar-refractivity contribution is 5.56. The van der Waals surface area contributed by atoms with E-state index < -0.39 is 0 Å². The van der Waals surface area contributed by atoms with Crippen molar-refractivity contribution < 1.29 is 5.95 Å². The molecule has 0 atom stereocenters. The second kappa shape index (κ2) is 1.12. The number of H-pyrrole nitrogens is 1. The van der Waals surface area contributed by atoms with Gasteiger partial charge in [0.05, 0.1) is 11.8 Å². The molecule has 2 aliphatic heterocycles. The van der Waals surface area contributed by atoms with Gasteiger partial charge >= 0.3 is 1.43 Å². The molecule has 0 aromatic heterocycles. The Kier molecular flexibility index (Phi) is 0.521. The molecule has 8 heavy (non-hydrogen) atoms. The summed E-state index contributed by atoms with van der Waals surface area (Å²) in [5.74, 6) is 0. The van der Waals surface area contributed by atoms with Crippen molar-refractivity contribution in [2.45, 2.75) is 0 Å². The molecule has 2 rings (SSSR count). The Bertz CT molecular complexity index is 206. The van der Waals surface area contributed by atoms with E-state index in [0.717, 1.165) is 11.3 Å². The van der Waals surface area contributed by atoms with Crippen molar-refractivity contribution in [3.05, 3.63) is 18.7 Å². The largest absolute Gasteiger partial charge is 1.00 e. The first-order valence-corrected chi connectivity index (χ1v) is 2.32. The maximum absolute atomic E-state index is 4.74. The van der Waals surface area contributed by atoms with Gasteiger partial charge in [0.25, 0.3) is 0 Å². The highest BCUT2D eigenvalue weighted by Gasteiger charge is 2.02. The molecule has 0 bridgehead atoms. The van der Waals surface area contributed by atoms with Crippen LogP contribution in [0.15, 0.2) is 23.2 Å². The van der Waals surface area contributed by atoms with Crippen molar-refractivity contribution in [3.63, 3.8) is 0 Å². The van der Waals surface area contributed by atoms with E-state index in [-0.39, 0.29) is 1.43 Å². The van der Waals surface area contributed by atoms with Crippen LogP contribution >= 0.6 is 0 Å². The number of aromatic nitrogens is 2. The Morgan fingerprint density at radius 2 is 2.62 bits per heavy atom. The molecule has 40 valence electrons. The van der Waals surface area contributed by atoms with Crippen molar-refractivity contribution in [3.8, 4) is 11.3 Å². The minimum atomic E-state index is 0. The van der Waals surface area contributed by atoms with Gasteiger partial charge in [0.1, 0.15) is 12.0 Å².